The minimum absolute atomic E-state index is 0.195. The molecule has 0 N–H and O–H groups in total. The molecule has 6 heteroatoms. The number of carbonyl (C=O) groups is 1. The molecule has 2 aromatic rings. The highest BCUT2D eigenvalue weighted by Gasteiger charge is 2.17. The molecule has 1 aliphatic heterocycles. The highest BCUT2D eigenvalue weighted by molar-refractivity contribution is 6.31. The van der Waals surface area contributed by atoms with Gasteiger partial charge in [0, 0.05) is 18.1 Å². The zero-order chi connectivity index (χ0) is 15.5. The number of rotatable bonds is 3. The number of carbonyl (C=O) groups excluding carboxylic acids is 1. The van der Waals surface area contributed by atoms with Crippen molar-refractivity contribution in [3.63, 3.8) is 0 Å². The lowest BCUT2D eigenvalue weighted by molar-refractivity contribution is 0.0728. The van der Waals surface area contributed by atoms with E-state index in [1.807, 2.05) is 6.92 Å². The molecule has 0 amide bonds. The minimum Gasteiger partial charge on any atom is -0.422 e. The van der Waals surface area contributed by atoms with Crippen LogP contribution >= 0.6 is 11.6 Å². The first kappa shape index (κ1) is 14.8. The average molecular weight is 318 g/mol. The van der Waals surface area contributed by atoms with Crippen LogP contribution in [0.1, 0.15) is 28.9 Å². The van der Waals surface area contributed by atoms with Crippen molar-refractivity contribution in [2.24, 2.45) is 0 Å². The van der Waals surface area contributed by atoms with E-state index in [4.69, 9.17) is 16.3 Å². The van der Waals surface area contributed by atoms with E-state index in [1.165, 1.54) is 6.20 Å². The number of nitrogens with zero attached hydrogens (tertiary/aromatic N) is 3. The summed E-state index contributed by atoms with van der Waals surface area (Å²) in [6, 6.07) is 5.13. The number of aromatic nitrogens is 2. The lowest BCUT2D eigenvalue weighted by atomic mass is 10.2. The van der Waals surface area contributed by atoms with Crippen molar-refractivity contribution in [3.05, 3.63) is 46.9 Å². The van der Waals surface area contributed by atoms with Crippen LogP contribution in [-0.4, -0.2) is 29.0 Å². The molecule has 1 saturated heterocycles. The van der Waals surface area contributed by atoms with Crippen molar-refractivity contribution >= 4 is 23.4 Å². The van der Waals surface area contributed by atoms with Gasteiger partial charge in [-0.25, -0.2) is 9.78 Å². The zero-order valence-corrected chi connectivity index (χ0v) is 13.0. The molecule has 0 bridgehead atoms. The van der Waals surface area contributed by atoms with Gasteiger partial charge in [0.15, 0.2) is 5.69 Å². The third-order valence-electron chi connectivity index (χ3n) is 3.61. The Kier molecular flexibility index (Phi) is 4.24. The van der Waals surface area contributed by atoms with Gasteiger partial charge >= 0.3 is 5.97 Å². The lowest BCUT2D eigenvalue weighted by Gasteiger charge is -2.15. The van der Waals surface area contributed by atoms with E-state index in [0.29, 0.717) is 16.6 Å². The summed E-state index contributed by atoms with van der Waals surface area (Å²) in [7, 11) is 0. The Bertz CT molecular complexity index is 700. The molecule has 0 spiro atoms. The van der Waals surface area contributed by atoms with Gasteiger partial charge in [-0.2, -0.15) is 0 Å². The van der Waals surface area contributed by atoms with Crippen LogP contribution in [0.5, 0.6) is 5.75 Å². The van der Waals surface area contributed by atoms with Crippen LogP contribution in [0.2, 0.25) is 5.02 Å². The number of aryl methyl sites for hydroxylation is 1. The molecule has 0 saturated carbocycles. The highest BCUT2D eigenvalue weighted by Crippen LogP contribution is 2.23. The van der Waals surface area contributed by atoms with Crippen molar-refractivity contribution in [2.75, 3.05) is 18.0 Å². The maximum absolute atomic E-state index is 12.2. The summed E-state index contributed by atoms with van der Waals surface area (Å²) in [6.45, 7) is 3.78. The van der Waals surface area contributed by atoms with E-state index in [0.717, 1.165) is 31.5 Å². The Morgan fingerprint density at radius 1 is 1.27 bits per heavy atom. The van der Waals surface area contributed by atoms with Crippen LogP contribution in [-0.2, 0) is 0 Å². The first-order valence-electron chi connectivity index (χ1n) is 7.19. The number of hydrogen-bond acceptors (Lipinski definition) is 5. The molecule has 3 rings (SSSR count). The Balaban J connectivity index is 1.76. The number of benzene rings is 1. The van der Waals surface area contributed by atoms with Crippen LogP contribution in [0, 0.1) is 6.92 Å². The summed E-state index contributed by atoms with van der Waals surface area (Å²) in [6.07, 6.45) is 5.36. The van der Waals surface area contributed by atoms with E-state index in [9.17, 15) is 4.79 Å². The van der Waals surface area contributed by atoms with Gasteiger partial charge in [0.1, 0.15) is 11.6 Å². The number of ether oxygens (including phenoxy) is 1. The second kappa shape index (κ2) is 6.32. The second-order valence-electron chi connectivity index (χ2n) is 5.26. The van der Waals surface area contributed by atoms with Gasteiger partial charge in [-0.05, 0) is 37.5 Å². The summed E-state index contributed by atoms with van der Waals surface area (Å²) in [5.74, 6) is 0.580. The van der Waals surface area contributed by atoms with Gasteiger partial charge in [-0.15, -0.1) is 0 Å². The molecular weight excluding hydrogens is 302 g/mol. The van der Waals surface area contributed by atoms with Gasteiger partial charge in [-0.3, -0.25) is 4.98 Å². The van der Waals surface area contributed by atoms with Gasteiger partial charge < -0.3 is 9.64 Å². The normalized spacial score (nSPS) is 14.2. The van der Waals surface area contributed by atoms with E-state index in [1.54, 1.807) is 24.4 Å². The van der Waals surface area contributed by atoms with E-state index in [2.05, 4.69) is 14.9 Å². The van der Waals surface area contributed by atoms with Crippen LogP contribution in [0.4, 0.5) is 5.82 Å². The predicted octanol–water partition coefficient (Wildman–Crippen LogP) is 3.26. The van der Waals surface area contributed by atoms with Gasteiger partial charge in [0.2, 0.25) is 0 Å². The smallest absolute Gasteiger partial charge is 0.364 e. The maximum Gasteiger partial charge on any atom is 0.364 e. The Hall–Kier alpha value is -2.14. The average Bonchev–Trinajstić information content (AvgIpc) is 3.05. The molecule has 114 valence electrons. The quantitative estimate of drug-likeness (QED) is 0.642. The fraction of sp³-hybridized carbons (Fsp3) is 0.312. The molecule has 1 aliphatic rings. The largest absolute Gasteiger partial charge is 0.422 e. The zero-order valence-electron chi connectivity index (χ0n) is 12.3. The molecular formula is C16H16ClN3O2. The van der Waals surface area contributed by atoms with Crippen molar-refractivity contribution in [1.82, 2.24) is 9.97 Å². The molecule has 0 radical (unpaired) electrons. The second-order valence-corrected chi connectivity index (χ2v) is 5.66. The molecule has 22 heavy (non-hydrogen) atoms. The minimum atomic E-state index is -0.534. The topological polar surface area (TPSA) is 55.3 Å². The number of hydrogen-bond donors (Lipinski definition) is 0. The Labute approximate surface area is 133 Å². The first-order valence-corrected chi connectivity index (χ1v) is 7.56. The summed E-state index contributed by atoms with van der Waals surface area (Å²) in [4.78, 5) is 22.7. The summed E-state index contributed by atoms with van der Waals surface area (Å²) in [5, 5.41) is 0.558. The Morgan fingerprint density at radius 2 is 2.05 bits per heavy atom. The monoisotopic (exact) mass is 317 g/mol. The van der Waals surface area contributed by atoms with Crippen molar-refractivity contribution in [3.8, 4) is 5.75 Å². The van der Waals surface area contributed by atoms with E-state index < -0.39 is 5.97 Å². The standard InChI is InChI=1S/C16H16ClN3O2/c1-11-4-5-12(8-13(11)17)22-16(21)14-9-18-10-15(19-14)20-6-2-3-7-20/h4-5,8-10H,2-3,6-7H2,1H3. The third-order valence-corrected chi connectivity index (χ3v) is 4.02. The fourth-order valence-electron chi connectivity index (χ4n) is 2.35. The third kappa shape index (κ3) is 3.20. The number of halogens is 1. The van der Waals surface area contributed by atoms with Crippen LogP contribution < -0.4 is 9.64 Å². The van der Waals surface area contributed by atoms with Gasteiger partial charge in [0.25, 0.3) is 0 Å². The molecule has 5 nitrogen and oxygen atoms in total. The Morgan fingerprint density at radius 3 is 2.77 bits per heavy atom. The predicted molar refractivity (Wildman–Crippen MR) is 84.6 cm³/mol. The van der Waals surface area contributed by atoms with Crippen LogP contribution in [0.25, 0.3) is 0 Å². The molecule has 0 aliphatic carbocycles. The van der Waals surface area contributed by atoms with Crippen molar-refractivity contribution in [2.45, 2.75) is 19.8 Å². The SMILES string of the molecule is Cc1ccc(OC(=O)c2cncc(N3CCCC3)n2)cc1Cl. The van der Waals surface area contributed by atoms with E-state index in [-0.39, 0.29) is 5.69 Å². The molecule has 2 heterocycles. The molecule has 0 atom stereocenters. The molecule has 1 fully saturated rings. The van der Waals surface area contributed by atoms with Gasteiger partial charge in [-0.1, -0.05) is 17.7 Å². The number of anilines is 1. The van der Waals surface area contributed by atoms with Crippen molar-refractivity contribution in [1.29, 1.82) is 0 Å². The lowest BCUT2D eigenvalue weighted by Crippen LogP contribution is -2.21. The summed E-state index contributed by atoms with van der Waals surface area (Å²) in [5.41, 5.74) is 1.12. The molecule has 1 aromatic carbocycles. The van der Waals surface area contributed by atoms with Crippen molar-refractivity contribution < 1.29 is 9.53 Å². The molecule has 1 aromatic heterocycles. The first-order chi connectivity index (χ1) is 10.6. The summed E-state index contributed by atoms with van der Waals surface area (Å²) >= 11 is 6.03. The fourth-order valence-corrected chi connectivity index (χ4v) is 2.52. The van der Waals surface area contributed by atoms with E-state index >= 15 is 0 Å². The van der Waals surface area contributed by atoms with Crippen LogP contribution in [0.15, 0.2) is 30.6 Å². The highest BCUT2D eigenvalue weighted by atomic mass is 35.5. The summed E-state index contributed by atoms with van der Waals surface area (Å²) < 4.78 is 5.31. The number of esters is 1. The maximum atomic E-state index is 12.2. The molecule has 0 unspecified atom stereocenters. The van der Waals surface area contributed by atoms with Crippen LogP contribution in [0.3, 0.4) is 0 Å². The van der Waals surface area contributed by atoms with Gasteiger partial charge in [0.05, 0.1) is 12.4 Å².